The molecule has 0 saturated carbocycles. The van der Waals surface area contributed by atoms with Crippen LogP contribution in [0.3, 0.4) is 0 Å². The first-order chi connectivity index (χ1) is 17.0. The maximum absolute atomic E-state index is 13.7. The Bertz CT molecular complexity index is 1200. The predicted octanol–water partition coefficient (Wildman–Crippen LogP) is 7.37. The van der Waals surface area contributed by atoms with Gasteiger partial charge in [-0.2, -0.15) is 0 Å². The summed E-state index contributed by atoms with van der Waals surface area (Å²) in [6.45, 7) is 6.52. The molecule has 186 valence electrons. The topological polar surface area (TPSA) is 72.2 Å². The van der Waals surface area contributed by atoms with Crippen molar-refractivity contribution in [2.45, 2.75) is 40.0 Å². The molecule has 1 atom stereocenters. The molecule has 3 N–H and O–H groups in total. The molecule has 3 aromatic rings. The average Bonchev–Trinajstić information content (AvgIpc) is 3.21. The van der Waals surface area contributed by atoms with E-state index < -0.39 is 0 Å². The highest BCUT2D eigenvalue weighted by atomic mass is 35.5. The first-order valence-corrected chi connectivity index (χ1v) is 12.9. The van der Waals surface area contributed by atoms with Gasteiger partial charge in [0.25, 0.3) is 5.91 Å². The Hall–Kier alpha value is -2.96. The summed E-state index contributed by atoms with van der Waals surface area (Å²) in [7, 11) is 0. The summed E-state index contributed by atoms with van der Waals surface area (Å²) >= 11 is 7.83. The van der Waals surface area contributed by atoms with Gasteiger partial charge in [-0.15, -0.1) is 11.3 Å². The first kappa shape index (κ1) is 28.3. The summed E-state index contributed by atoms with van der Waals surface area (Å²) in [6, 6.07) is 16.2. The third kappa shape index (κ3) is 7.77. The number of benzene rings is 2. The molecule has 0 aliphatic heterocycles. The van der Waals surface area contributed by atoms with E-state index in [-0.39, 0.29) is 29.1 Å². The van der Waals surface area contributed by atoms with E-state index in [1.54, 1.807) is 17.4 Å². The molecule has 7 heteroatoms. The van der Waals surface area contributed by atoms with E-state index in [1.165, 1.54) is 15.0 Å². The molecule has 1 aliphatic rings. The van der Waals surface area contributed by atoms with Crippen LogP contribution in [0, 0.1) is 5.92 Å². The van der Waals surface area contributed by atoms with Crippen LogP contribution in [0.1, 0.15) is 48.8 Å². The zero-order valence-electron chi connectivity index (χ0n) is 20.3. The van der Waals surface area contributed by atoms with E-state index in [9.17, 15) is 9.18 Å². The van der Waals surface area contributed by atoms with Gasteiger partial charge in [-0.05, 0) is 72.9 Å². The van der Waals surface area contributed by atoms with Crippen molar-refractivity contribution in [2.24, 2.45) is 11.7 Å². The summed E-state index contributed by atoms with van der Waals surface area (Å²) in [4.78, 5) is 22.1. The van der Waals surface area contributed by atoms with Crippen LogP contribution >= 0.6 is 22.9 Å². The van der Waals surface area contributed by atoms with Crippen molar-refractivity contribution < 1.29 is 14.0 Å². The second-order valence-corrected chi connectivity index (χ2v) is 9.17. The van der Waals surface area contributed by atoms with E-state index >= 15 is 0 Å². The van der Waals surface area contributed by atoms with Gasteiger partial charge in [0.15, 0.2) is 0 Å². The van der Waals surface area contributed by atoms with Crippen LogP contribution in [0.2, 0.25) is 0 Å². The molecule has 0 radical (unpaired) electrons. The molecule has 2 aromatic carbocycles. The lowest BCUT2D eigenvalue weighted by Gasteiger charge is -2.09. The maximum atomic E-state index is 13.7. The van der Waals surface area contributed by atoms with Gasteiger partial charge in [0, 0.05) is 21.7 Å². The molecular formula is C28H32ClFN2O2S. The van der Waals surface area contributed by atoms with Crippen molar-refractivity contribution in [1.82, 2.24) is 5.32 Å². The lowest BCUT2D eigenvalue weighted by atomic mass is 9.98. The van der Waals surface area contributed by atoms with Crippen LogP contribution in [-0.4, -0.2) is 18.9 Å². The highest BCUT2D eigenvalue weighted by Crippen LogP contribution is 2.37. The minimum atomic E-state index is -0.315. The number of fused-ring (bicyclic) bond motifs is 1. The molecule has 0 bridgehead atoms. The molecule has 1 aliphatic carbocycles. The molecule has 0 spiro atoms. The number of thiophene rings is 1. The summed E-state index contributed by atoms with van der Waals surface area (Å²) in [5, 5.41) is 4.26. The third-order valence-electron chi connectivity index (χ3n) is 5.30. The number of allylic oxidation sites excluding steroid dienone is 4. The summed E-state index contributed by atoms with van der Waals surface area (Å²) < 4.78 is 14.9. The van der Waals surface area contributed by atoms with Crippen molar-refractivity contribution in [1.29, 1.82) is 0 Å². The van der Waals surface area contributed by atoms with Crippen LogP contribution in [0.5, 0.6) is 0 Å². The zero-order chi connectivity index (χ0) is 25.8. The van der Waals surface area contributed by atoms with Gasteiger partial charge in [0.1, 0.15) is 5.83 Å². The van der Waals surface area contributed by atoms with Crippen molar-refractivity contribution in [3.8, 4) is 11.1 Å². The fourth-order valence-electron chi connectivity index (χ4n) is 3.85. The van der Waals surface area contributed by atoms with Gasteiger partial charge >= 0.3 is 0 Å². The standard InChI is InChI=1S/C25H23ClFNOS.C2H6.CH3NO/c1-2-28-25(29)19-9-4-7-17(14-19)21-10-5-8-18-15-20(30-24(18)21)12-16-6-3-11-23(27)22(26)13-16;1-2;2-1-3/h4-5,7-11,13-16H,2-3,6,12H2,1H3,(H,28,29);1-2H3;1H,(H2,2,3). The lowest BCUT2D eigenvalue weighted by molar-refractivity contribution is -0.106. The van der Waals surface area contributed by atoms with Gasteiger partial charge < -0.3 is 11.1 Å². The Morgan fingerprint density at radius 3 is 2.66 bits per heavy atom. The summed E-state index contributed by atoms with van der Waals surface area (Å²) in [6.07, 6.45) is 6.10. The van der Waals surface area contributed by atoms with Crippen molar-refractivity contribution in [3.63, 3.8) is 0 Å². The van der Waals surface area contributed by atoms with E-state index in [0.29, 0.717) is 18.5 Å². The minimum absolute atomic E-state index is 0.0590. The van der Waals surface area contributed by atoms with E-state index in [1.807, 2.05) is 51.1 Å². The normalized spacial score (nSPS) is 14.8. The number of amides is 2. The van der Waals surface area contributed by atoms with E-state index in [4.69, 9.17) is 16.4 Å². The van der Waals surface area contributed by atoms with Gasteiger partial charge in [0.05, 0.1) is 5.03 Å². The molecular weight excluding hydrogens is 483 g/mol. The predicted molar refractivity (Wildman–Crippen MR) is 146 cm³/mol. The van der Waals surface area contributed by atoms with Crippen LogP contribution in [0.15, 0.2) is 71.5 Å². The molecule has 4 nitrogen and oxygen atoms in total. The second kappa shape index (κ2) is 14.4. The lowest BCUT2D eigenvalue weighted by Crippen LogP contribution is -2.22. The molecule has 4 rings (SSSR count). The first-order valence-electron chi connectivity index (χ1n) is 11.8. The molecule has 1 aromatic heterocycles. The third-order valence-corrected chi connectivity index (χ3v) is 6.82. The highest BCUT2D eigenvalue weighted by Gasteiger charge is 2.16. The number of halogens is 2. The second-order valence-electron chi connectivity index (χ2n) is 7.62. The number of carbonyl (C=O) groups excluding carboxylic acids is 2. The van der Waals surface area contributed by atoms with Crippen LogP contribution in [-0.2, 0) is 11.2 Å². The van der Waals surface area contributed by atoms with Crippen molar-refractivity contribution in [2.75, 3.05) is 6.54 Å². The Morgan fingerprint density at radius 2 is 1.94 bits per heavy atom. The number of nitrogens with two attached hydrogens (primary N) is 1. The summed E-state index contributed by atoms with van der Waals surface area (Å²) in [5.74, 6) is -0.152. The minimum Gasteiger partial charge on any atom is -0.372 e. The zero-order valence-corrected chi connectivity index (χ0v) is 21.9. The van der Waals surface area contributed by atoms with Crippen LogP contribution < -0.4 is 11.1 Å². The van der Waals surface area contributed by atoms with Crippen LogP contribution in [0.25, 0.3) is 21.2 Å². The maximum Gasteiger partial charge on any atom is 0.251 e. The smallest absolute Gasteiger partial charge is 0.251 e. The SMILES string of the molecule is CC.CCNC(=O)c1cccc(-c2cccc3cc(CC4C=C(Cl)C(F)=CCC4)sc23)c1.NC=O. The largest absolute Gasteiger partial charge is 0.372 e. The fraction of sp³-hybridized carbons (Fsp3) is 0.286. The van der Waals surface area contributed by atoms with E-state index in [0.717, 1.165) is 24.0 Å². The van der Waals surface area contributed by atoms with Crippen molar-refractivity contribution >= 4 is 45.3 Å². The fourth-order valence-corrected chi connectivity index (χ4v) is 5.39. The van der Waals surface area contributed by atoms with Gasteiger partial charge in [0.2, 0.25) is 6.41 Å². The van der Waals surface area contributed by atoms with E-state index in [2.05, 4.69) is 35.3 Å². The van der Waals surface area contributed by atoms with Crippen molar-refractivity contribution in [3.05, 3.63) is 82.0 Å². The number of hydrogen-bond donors (Lipinski definition) is 2. The summed E-state index contributed by atoms with van der Waals surface area (Å²) in [5.41, 5.74) is 6.98. The average molecular weight is 515 g/mol. The molecule has 0 fully saturated rings. The van der Waals surface area contributed by atoms with Gasteiger partial charge in [-0.1, -0.05) is 61.9 Å². The Morgan fingerprint density at radius 1 is 1.23 bits per heavy atom. The number of hydrogen-bond acceptors (Lipinski definition) is 3. The number of primary amides is 1. The molecule has 2 amide bonds. The molecule has 1 unspecified atom stereocenters. The number of carbonyl (C=O) groups is 2. The molecule has 35 heavy (non-hydrogen) atoms. The Balaban J connectivity index is 0.000000803. The van der Waals surface area contributed by atoms with Gasteiger partial charge in [-0.3, -0.25) is 9.59 Å². The highest BCUT2D eigenvalue weighted by molar-refractivity contribution is 7.19. The number of rotatable bonds is 5. The molecule has 1 heterocycles. The monoisotopic (exact) mass is 514 g/mol. The number of nitrogens with one attached hydrogen (secondary N) is 1. The van der Waals surface area contributed by atoms with Gasteiger partial charge in [-0.25, -0.2) is 4.39 Å². The molecule has 0 saturated heterocycles. The Kier molecular flexibility index (Phi) is 11.7. The quantitative estimate of drug-likeness (QED) is 0.349. The van der Waals surface area contributed by atoms with Crippen LogP contribution in [0.4, 0.5) is 4.39 Å². The Labute approximate surface area is 215 Å².